The molecule has 1 unspecified atom stereocenters. The van der Waals surface area contributed by atoms with Crippen molar-refractivity contribution in [1.29, 1.82) is 0 Å². The highest BCUT2D eigenvalue weighted by atomic mass is 32.2. The molecule has 0 aliphatic rings. The third-order valence-corrected chi connectivity index (χ3v) is 5.07. The maximum atomic E-state index is 13.0. The minimum absolute atomic E-state index is 0.0827. The molecule has 0 aliphatic heterocycles. The average molecular weight is 301 g/mol. The Balaban J connectivity index is 2.77. The number of nitrogens with one attached hydrogen (secondary N) is 1. The Kier molecular flexibility index (Phi) is 6.62. The predicted molar refractivity (Wildman–Crippen MR) is 81.2 cm³/mol. The second-order valence-corrected chi connectivity index (χ2v) is 7.81. The Hall–Kier alpha value is -0.940. The van der Waals surface area contributed by atoms with Crippen LogP contribution in [0.5, 0.6) is 0 Å². The van der Waals surface area contributed by atoms with Crippen molar-refractivity contribution >= 4 is 9.84 Å². The van der Waals surface area contributed by atoms with E-state index in [2.05, 4.69) is 5.32 Å². The molecule has 1 N–H and O–H groups in total. The monoisotopic (exact) mass is 301 g/mol. The van der Waals surface area contributed by atoms with Crippen molar-refractivity contribution < 1.29 is 12.8 Å². The number of benzene rings is 1. The fourth-order valence-electron chi connectivity index (χ4n) is 1.97. The maximum Gasteiger partial charge on any atom is 0.150 e. The Morgan fingerprint density at radius 3 is 2.30 bits per heavy atom. The van der Waals surface area contributed by atoms with Crippen LogP contribution in [0.2, 0.25) is 0 Å². The van der Waals surface area contributed by atoms with Crippen LogP contribution in [0, 0.1) is 5.82 Å². The summed E-state index contributed by atoms with van der Waals surface area (Å²) in [7, 11) is -2.97. The highest BCUT2D eigenvalue weighted by Gasteiger charge is 2.16. The number of hydrogen-bond donors (Lipinski definition) is 1. The van der Waals surface area contributed by atoms with E-state index < -0.39 is 9.84 Å². The molecule has 1 aromatic carbocycles. The molecule has 1 aromatic rings. The summed E-state index contributed by atoms with van der Waals surface area (Å²) in [5.74, 6) is 0.149. The van der Waals surface area contributed by atoms with Gasteiger partial charge in [0, 0.05) is 18.3 Å². The summed E-state index contributed by atoms with van der Waals surface area (Å²) in [5.41, 5.74) is 0.978. The van der Waals surface area contributed by atoms with Crippen LogP contribution in [-0.2, 0) is 9.84 Å². The predicted octanol–water partition coefficient (Wildman–Crippen LogP) is 2.73. The van der Waals surface area contributed by atoms with Gasteiger partial charge in [-0.1, -0.05) is 32.9 Å². The summed E-state index contributed by atoms with van der Waals surface area (Å²) < 4.78 is 36.3. The first-order valence-corrected chi connectivity index (χ1v) is 8.85. The van der Waals surface area contributed by atoms with Gasteiger partial charge in [-0.3, -0.25) is 0 Å². The molecule has 1 atom stereocenters. The summed E-state index contributed by atoms with van der Waals surface area (Å²) >= 11 is 0. The normalized spacial score (nSPS) is 13.7. The summed E-state index contributed by atoms with van der Waals surface area (Å²) in [4.78, 5) is 0. The molecule has 3 nitrogen and oxygen atoms in total. The van der Waals surface area contributed by atoms with Gasteiger partial charge >= 0.3 is 0 Å². The highest BCUT2D eigenvalue weighted by molar-refractivity contribution is 7.91. The van der Waals surface area contributed by atoms with Crippen LogP contribution in [0.25, 0.3) is 0 Å². The molecular weight excluding hydrogens is 277 g/mol. The van der Waals surface area contributed by atoms with Gasteiger partial charge in [-0.15, -0.1) is 0 Å². The van der Waals surface area contributed by atoms with E-state index in [4.69, 9.17) is 0 Å². The van der Waals surface area contributed by atoms with Crippen molar-refractivity contribution in [2.75, 3.05) is 18.1 Å². The Bertz CT molecular complexity index is 497. The molecule has 0 aliphatic carbocycles. The second kappa shape index (κ2) is 7.74. The van der Waals surface area contributed by atoms with Gasteiger partial charge in [0.1, 0.15) is 15.7 Å². The summed E-state index contributed by atoms with van der Waals surface area (Å²) in [6.07, 6.45) is 0.557. The number of halogens is 1. The number of rotatable bonds is 8. The van der Waals surface area contributed by atoms with E-state index in [1.165, 1.54) is 12.1 Å². The van der Waals surface area contributed by atoms with Crippen LogP contribution < -0.4 is 5.32 Å². The molecule has 0 amide bonds. The number of sulfone groups is 1. The van der Waals surface area contributed by atoms with Crippen molar-refractivity contribution in [2.45, 2.75) is 39.2 Å². The molecule has 5 heteroatoms. The standard InChI is InChI=1S/C15H24FNO2S/c1-4-20(18,19)10-9-14(11-17-12(2)3)13-5-7-15(16)8-6-13/h5-8,12,14,17H,4,9-11H2,1-3H3. The van der Waals surface area contributed by atoms with Gasteiger partial charge < -0.3 is 5.32 Å². The van der Waals surface area contributed by atoms with Crippen molar-refractivity contribution in [3.63, 3.8) is 0 Å². The molecule has 0 saturated heterocycles. The number of hydrogen-bond acceptors (Lipinski definition) is 3. The van der Waals surface area contributed by atoms with Gasteiger partial charge in [-0.2, -0.15) is 0 Å². The van der Waals surface area contributed by atoms with Gasteiger partial charge in [0.15, 0.2) is 0 Å². The lowest BCUT2D eigenvalue weighted by Gasteiger charge is -2.19. The average Bonchev–Trinajstić information content (AvgIpc) is 2.40. The van der Waals surface area contributed by atoms with Crippen LogP contribution >= 0.6 is 0 Å². The first-order chi connectivity index (χ1) is 9.34. The fourth-order valence-corrected chi connectivity index (χ4v) is 2.90. The van der Waals surface area contributed by atoms with Gasteiger partial charge in [0.05, 0.1) is 5.75 Å². The van der Waals surface area contributed by atoms with Crippen LogP contribution in [0.15, 0.2) is 24.3 Å². The zero-order chi connectivity index (χ0) is 15.2. The maximum absolute atomic E-state index is 13.0. The van der Waals surface area contributed by atoms with E-state index in [1.807, 2.05) is 13.8 Å². The molecular formula is C15H24FNO2S. The lowest BCUT2D eigenvalue weighted by Crippen LogP contribution is -2.29. The molecule has 0 bridgehead atoms. The van der Waals surface area contributed by atoms with Crippen LogP contribution in [-0.4, -0.2) is 32.5 Å². The molecule has 20 heavy (non-hydrogen) atoms. The molecule has 0 aromatic heterocycles. The molecule has 1 rings (SSSR count). The van der Waals surface area contributed by atoms with Crippen LogP contribution in [0.1, 0.15) is 38.7 Å². The van der Waals surface area contributed by atoms with Crippen molar-refractivity contribution in [3.05, 3.63) is 35.6 Å². The molecule has 0 spiro atoms. The first kappa shape index (κ1) is 17.1. The molecule has 0 saturated carbocycles. The third kappa shape index (κ3) is 6.01. The van der Waals surface area contributed by atoms with Gasteiger partial charge in [-0.25, -0.2) is 12.8 Å². The minimum atomic E-state index is -2.97. The lowest BCUT2D eigenvalue weighted by atomic mass is 9.96. The van der Waals surface area contributed by atoms with Gasteiger partial charge in [-0.05, 0) is 30.0 Å². The Morgan fingerprint density at radius 1 is 1.20 bits per heavy atom. The van der Waals surface area contributed by atoms with Crippen molar-refractivity contribution in [1.82, 2.24) is 5.32 Å². The van der Waals surface area contributed by atoms with Gasteiger partial charge in [0.2, 0.25) is 0 Å². The zero-order valence-corrected chi connectivity index (χ0v) is 13.2. The minimum Gasteiger partial charge on any atom is -0.314 e. The smallest absolute Gasteiger partial charge is 0.150 e. The van der Waals surface area contributed by atoms with Crippen molar-refractivity contribution in [2.24, 2.45) is 0 Å². The topological polar surface area (TPSA) is 46.2 Å². The van der Waals surface area contributed by atoms with Gasteiger partial charge in [0.25, 0.3) is 0 Å². The first-order valence-electron chi connectivity index (χ1n) is 7.03. The molecule has 0 heterocycles. The Morgan fingerprint density at radius 2 is 1.80 bits per heavy atom. The largest absolute Gasteiger partial charge is 0.314 e. The highest BCUT2D eigenvalue weighted by Crippen LogP contribution is 2.20. The van der Waals surface area contributed by atoms with E-state index in [1.54, 1.807) is 19.1 Å². The molecule has 0 fully saturated rings. The summed E-state index contributed by atoms with van der Waals surface area (Å²) in [5, 5.41) is 3.32. The molecule has 0 radical (unpaired) electrons. The van der Waals surface area contributed by atoms with E-state index in [0.29, 0.717) is 19.0 Å². The quantitative estimate of drug-likeness (QED) is 0.803. The molecule has 114 valence electrons. The lowest BCUT2D eigenvalue weighted by molar-refractivity contribution is 0.516. The van der Waals surface area contributed by atoms with E-state index in [9.17, 15) is 12.8 Å². The van der Waals surface area contributed by atoms with Crippen LogP contribution in [0.3, 0.4) is 0 Å². The fraction of sp³-hybridized carbons (Fsp3) is 0.600. The van der Waals surface area contributed by atoms with E-state index in [0.717, 1.165) is 5.56 Å². The zero-order valence-electron chi connectivity index (χ0n) is 12.4. The third-order valence-electron chi connectivity index (χ3n) is 3.33. The van der Waals surface area contributed by atoms with E-state index >= 15 is 0 Å². The SMILES string of the molecule is CCS(=O)(=O)CCC(CNC(C)C)c1ccc(F)cc1. The second-order valence-electron chi connectivity index (χ2n) is 5.34. The Labute approximate surface area is 121 Å². The summed E-state index contributed by atoms with van der Waals surface area (Å²) in [6.45, 7) is 6.45. The van der Waals surface area contributed by atoms with Crippen molar-refractivity contribution in [3.8, 4) is 0 Å². The summed E-state index contributed by atoms with van der Waals surface area (Å²) in [6, 6.07) is 6.65. The van der Waals surface area contributed by atoms with Crippen LogP contribution in [0.4, 0.5) is 4.39 Å². The van der Waals surface area contributed by atoms with E-state index in [-0.39, 0.29) is 23.2 Å².